The Hall–Kier alpha value is -2.62. The monoisotopic (exact) mass is 514 g/mol. The van der Waals surface area contributed by atoms with Crippen molar-refractivity contribution in [1.29, 1.82) is 0 Å². The maximum Gasteiger partial charge on any atom is 0.417 e. The van der Waals surface area contributed by atoms with E-state index in [1.807, 2.05) is 0 Å². The molecule has 1 saturated heterocycles. The number of alkyl halides is 3. The van der Waals surface area contributed by atoms with Gasteiger partial charge in [0.1, 0.15) is 5.82 Å². The SMILES string of the molecule is Cn1ncc(Cl)c1-c1ccc(C(=O)N[C@@H]2CNCC[C@H]2c2ccc(Cl)c(C(F)(F)F)c2)c(F)c1. The molecule has 1 fully saturated rings. The molecule has 34 heavy (non-hydrogen) atoms. The number of aromatic nitrogens is 2. The summed E-state index contributed by atoms with van der Waals surface area (Å²) in [6.07, 6.45) is -2.67. The standard InChI is InChI=1S/C23H20Cl2F4N4O/c1-33-21(18(25)10-31-33)13-2-4-15(19(26)9-13)22(34)32-20-11-30-7-6-14(20)12-3-5-17(24)16(8-12)23(27,28)29/h2-5,8-10,14,20,30H,6-7,11H2,1H3,(H,32,34)/t14-,20+/m0/s1. The summed E-state index contributed by atoms with van der Waals surface area (Å²) in [7, 11) is 1.66. The summed E-state index contributed by atoms with van der Waals surface area (Å²) in [5, 5.41) is 9.87. The fraction of sp³-hybridized carbons (Fsp3) is 0.304. The number of piperidine rings is 1. The number of nitrogens with one attached hydrogen (secondary N) is 2. The predicted molar refractivity (Wildman–Crippen MR) is 122 cm³/mol. The van der Waals surface area contributed by atoms with Crippen molar-refractivity contribution < 1.29 is 22.4 Å². The van der Waals surface area contributed by atoms with E-state index in [-0.39, 0.29) is 10.6 Å². The van der Waals surface area contributed by atoms with Crippen LogP contribution in [-0.4, -0.2) is 34.8 Å². The zero-order valence-corrected chi connectivity index (χ0v) is 19.4. The Morgan fingerprint density at radius 1 is 1.18 bits per heavy atom. The average Bonchev–Trinajstić information content (AvgIpc) is 3.11. The number of halogens is 6. The average molecular weight is 515 g/mol. The van der Waals surface area contributed by atoms with Crippen molar-refractivity contribution >= 4 is 29.1 Å². The molecular weight excluding hydrogens is 495 g/mol. The topological polar surface area (TPSA) is 59.0 Å². The van der Waals surface area contributed by atoms with Crippen LogP contribution < -0.4 is 10.6 Å². The molecule has 0 aliphatic carbocycles. The first-order valence-electron chi connectivity index (χ1n) is 10.4. The lowest BCUT2D eigenvalue weighted by Crippen LogP contribution is -2.50. The fourth-order valence-corrected chi connectivity index (χ4v) is 4.73. The summed E-state index contributed by atoms with van der Waals surface area (Å²) in [6, 6.07) is 7.31. The Labute approximate surface area is 203 Å². The Morgan fingerprint density at radius 3 is 2.59 bits per heavy atom. The highest BCUT2D eigenvalue weighted by Gasteiger charge is 2.35. The van der Waals surface area contributed by atoms with Gasteiger partial charge < -0.3 is 10.6 Å². The lowest BCUT2D eigenvalue weighted by atomic mass is 9.85. The number of carbonyl (C=O) groups excluding carboxylic acids is 1. The minimum atomic E-state index is -4.60. The molecule has 0 spiro atoms. The van der Waals surface area contributed by atoms with E-state index < -0.39 is 35.4 Å². The molecule has 2 heterocycles. The van der Waals surface area contributed by atoms with Gasteiger partial charge in [-0.1, -0.05) is 35.3 Å². The summed E-state index contributed by atoms with van der Waals surface area (Å²) >= 11 is 11.9. The molecular formula is C23H20Cl2F4N4O. The highest BCUT2D eigenvalue weighted by Crippen LogP contribution is 2.38. The second-order valence-electron chi connectivity index (χ2n) is 8.08. The third kappa shape index (κ3) is 4.92. The van der Waals surface area contributed by atoms with Gasteiger partial charge in [0.25, 0.3) is 5.91 Å². The molecule has 11 heteroatoms. The van der Waals surface area contributed by atoms with Gasteiger partial charge in [0, 0.05) is 31.1 Å². The van der Waals surface area contributed by atoms with Gasteiger partial charge in [-0.15, -0.1) is 0 Å². The van der Waals surface area contributed by atoms with E-state index >= 15 is 0 Å². The van der Waals surface area contributed by atoms with Gasteiger partial charge in [-0.3, -0.25) is 9.48 Å². The first-order chi connectivity index (χ1) is 16.1. The van der Waals surface area contributed by atoms with Gasteiger partial charge in [0.05, 0.1) is 33.1 Å². The normalized spacial score (nSPS) is 18.7. The molecule has 1 aliphatic rings. The van der Waals surface area contributed by atoms with E-state index in [0.717, 1.165) is 6.07 Å². The van der Waals surface area contributed by atoms with Crippen LogP contribution in [0, 0.1) is 5.82 Å². The Balaban J connectivity index is 1.57. The highest BCUT2D eigenvalue weighted by molar-refractivity contribution is 6.33. The van der Waals surface area contributed by atoms with Crippen molar-refractivity contribution in [2.75, 3.05) is 13.1 Å². The van der Waals surface area contributed by atoms with Gasteiger partial charge in [0.2, 0.25) is 0 Å². The molecule has 0 saturated carbocycles. The predicted octanol–water partition coefficient (Wildman–Crippen LogP) is 5.43. The van der Waals surface area contributed by atoms with E-state index in [1.54, 1.807) is 13.1 Å². The maximum absolute atomic E-state index is 14.9. The molecule has 3 aromatic rings. The summed E-state index contributed by atoms with van der Waals surface area (Å²) in [5.74, 6) is -1.82. The molecule has 0 bridgehead atoms. The smallest absolute Gasteiger partial charge is 0.347 e. The Kier molecular flexibility index (Phi) is 6.89. The second kappa shape index (κ2) is 9.56. The molecule has 180 valence electrons. The molecule has 2 aromatic carbocycles. The molecule has 1 aliphatic heterocycles. The Morgan fingerprint density at radius 2 is 1.94 bits per heavy atom. The van der Waals surface area contributed by atoms with Gasteiger partial charge >= 0.3 is 6.18 Å². The summed E-state index contributed by atoms with van der Waals surface area (Å²) in [4.78, 5) is 12.9. The zero-order chi connectivity index (χ0) is 24.6. The number of rotatable bonds is 4. The zero-order valence-electron chi connectivity index (χ0n) is 17.9. The van der Waals surface area contributed by atoms with E-state index in [0.29, 0.717) is 41.4 Å². The molecule has 1 amide bonds. The molecule has 1 aromatic heterocycles. The van der Waals surface area contributed by atoms with Crippen LogP contribution in [0.3, 0.4) is 0 Å². The minimum Gasteiger partial charge on any atom is -0.347 e. The van der Waals surface area contributed by atoms with E-state index in [2.05, 4.69) is 15.7 Å². The number of carbonyl (C=O) groups is 1. The van der Waals surface area contributed by atoms with Crippen LogP contribution in [0.1, 0.15) is 33.8 Å². The van der Waals surface area contributed by atoms with E-state index in [4.69, 9.17) is 23.2 Å². The molecule has 0 radical (unpaired) electrons. The van der Waals surface area contributed by atoms with Crippen LogP contribution in [-0.2, 0) is 13.2 Å². The molecule has 4 rings (SSSR count). The number of hydrogen-bond acceptors (Lipinski definition) is 3. The molecule has 0 unspecified atom stereocenters. The van der Waals surface area contributed by atoms with E-state index in [9.17, 15) is 22.4 Å². The van der Waals surface area contributed by atoms with Gasteiger partial charge in [0.15, 0.2) is 0 Å². The third-order valence-electron chi connectivity index (χ3n) is 5.90. The molecule has 2 N–H and O–H groups in total. The van der Waals surface area contributed by atoms with Crippen molar-refractivity contribution in [3.8, 4) is 11.3 Å². The van der Waals surface area contributed by atoms with Crippen LogP contribution in [0.4, 0.5) is 17.6 Å². The number of hydrogen-bond donors (Lipinski definition) is 2. The minimum absolute atomic E-state index is 0.182. The summed E-state index contributed by atoms with van der Waals surface area (Å²) in [6.45, 7) is 0.889. The fourth-order valence-electron chi connectivity index (χ4n) is 4.23. The number of aryl methyl sites for hydroxylation is 1. The van der Waals surface area contributed by atoms with Crippen LogP contribution in [0.5, 0.6) is 0 Å². The largest absolute Gasteiger partial charge is 0.417 e. The Bertz CT molecular complexity index is 1210. The van der Waals surface area contributed by atoms with Gasteiger partial charge in [-0.25, -0.2) is 4.39 Å². The second-order valence-corrected chi connectivity index (χ2v) is 8.89. The number of benzene rings is 2. The third-order valence-corrected chi connectivity index (χ3v) is 6.51. The number of amides is 1. The van der Waals surface area contributed by atoms with Gasteiger partial charge in [-0.05, 0) is 42.8 Å². The van der Waals surface area contributed by atoms with Crippen molar-refractivity contribution in [2.45, 2.75) is 24.6 Å². The van der Waals surface area contributed by atoms with Crippen LogP contribution in [0.2, 0.25) is 10.0 Å². The summed E-state index contributed by atoms with van der Waals surface area (Å²) < 4.78 is 56.4. The van der Waals surface area contributed by atoms with Crippen molar-refractivity contribution in [3.05, 3.63) is 75.1 Å². The van der Waals surface area contributed by atoms with Crippen LogP contribution in [0.25, 0.3) is 11.3 Å². The van der Waals surface area contributed by atoms with Crippen molar-refractivity contribution in [3.63, 3.8) is 0 Å². The lowest BCUT2D eigenvalue weighted by molar-refractivity contribution is -0.137. The van der Waals surface area contributed by atoms with Gasteiger partial charge in [-0.2, -0.15) is 18.3 Å². The first-order valence-corrected chi connectivity index (χ1v) is 11.2. The first kappa shape index (κ1) is 24.5. The van der Waals surface area contributed by atoms with E-state index in [1.165, 1.54) is 35.1 Å². The van der Waals surface area contributed by atoms with Crippen molar-refractivity contribution in [1.82, 2.24) is 20.4 Å². The van der Waals surface area contributed by atoms with Crippen LogP contribution >= 0.6 is 23.2 Å². The molecule has 5 nitrogen and oxygen atoms in total. The molecule has 2 atom stereocenters. The van der Waals surface area contributed by atoms with Crippen molar-refractivity contribution in [2.24, 2.45) is 7.05 Å². The lowest BCUT2D eigenvalue weighted by Gasteiger charge is -2.33. The maximum atomic E-state index is 14.9. The quantitative estimate of drug-likeness (QED) is 0.456. The summed E-state index contributed by atoms with van der Waals surface area (Å²) in [5.41, 5.74) is 0.263. The number of nitrogens with zero attached hydrogens (tertiary/aromatic N) is 2. The van der Waals surface area contributed by atoms with Crippen LogP contribution in [0.15, 0.2) is 42.6 Å². The highest BCUT2D eigenvalue weighted by atomic mass is 35.5.